The van der Waals surface area contributed by atoms with Gasteiger partial charge in [-0.1, -0.05) is 24.3 Å². The number of benzene rings is 2. The molecule has 22 heavy (non-hydrogen) atoms. The summed E-state index contributed by atoms with van der Waals surface area (Å²) in [5.41, 5.74) is 2.36. The molecule has 0 bridgehead atoms. The lowest BCUT2D eigenvalue weighted by Gasteiger charge is -2.08. The van der Waals surface area contributed by atoms with Gasteiger partial charge in [0, 0.05) is 28.3 Å². The normalized spacial score (nSPS) is 10.9. The minimum absolute atomic E-state index is 0.127. The predicted octanol–water partition coefficient (Wildman–Crippen LogP) is 3.82. The summed E-state index contributed by atoms with van der Waals surface area (Å²) < 4.78 is 0. The van der Waals surface area contributed by atoms with Crippen LogP contribution in [0, 0.1) is 0 Å². The molecule has 0 aliphatic carbocycles. The zero-order chi connectivity index (χ0) is 14.9. The van der Waals surface area contributed by atoms with E-state index in [0.29, 0.717) is 11.0 Å². The Morgan fingerprint density at radius 1 is 0.818 bits per heavy atom. The second-order valence-electron chi connectivity index (χ2n) is 5.11. The van der Waals surface area contributed by atoms with Crippen LogP contribution in [0.25, 0.3) is 21.8 Å². The van der Waals surface area contributed by atoms with Crippen LogP contribution in [0.15, 0.2) is 71.7 Å². The van der Waals surface area contributed by atoms with Crippen LogP contribution in [0.2, 0.25) is 0 Å². The van der Waals surface area contributed by atoms with Gasteiger partial charge in [-0.2, -0.15) is 0 Å². The van der Waals surface area contributed by atoms with Gasteiger partial charge in [-0.3, -0.25) is 4.79 Å². The molecule has 0 amide bonds. The minimum atomic E-state index is -0.127. The van der Waals surface area contributed by atoms with Crippen LogP contribution in [-0.2, 0) is 0 Å². The Bertz CT molecular complexity index is 1020. The molecule has 2 heterocycles. The highest BCUT2D eigenvalue weighted by molar-refractivity contribution is 6.05. The molecule has 106 valence electrons. The van der Waals surface area contributed by atoms with E-state index < -0.39 is 0 Å². The predicted molar refractivity (Wildman–Crippen MR) is 89.6 cm³/mol. The molecule has 2 aromatic heterocycles. The quantitative estimate of drug-likeness (QED) is 0.551. The summed E-state index contributed by atoms with van der Waals surface area (Å²) in [6.07, 6.45) is 1.68. The van der Waals surface area contributed by atoms with Crippen molar-refractivity contribution in [3.63, 3.8) is 0 Å². The van der Waals surface area contributed by atoms with Crippen molar-refractivity contribution in [1.82, 2.24) is 9.97 Å². The number of rotatable bonds is 2. The maximum atomic E-state index is 12.3. The van der Waals surface area contributed by atoms with Crippen LogP contribution in [-0.4, -0.2) is 9.97 Å². The number of fused-ring (bicyclic) bond motifs is 3. The summed E-state index contributed by atoms with van der Waals surface area (Å²) in [6.45, 7) is 0. The van der Waals surface area contributed by atoms with Crippen molar-refractivity contribution in [3.8, 4) is 0 Å². The Labute approximate surface area is 126 Å². The number of H-pyrrole nitrogens is 1. The second-order valence-corrected chi connectivity index (χ2v) is 5.11. The molecule has 4 rings (SSSR count). The van der Waals surface area contributed by atoms with Crippen LogP contribution in [0.1, 0.15) is 0 Å². The van der Waals surface area contributed by atoms with Crippen molar-refractivity contribution in [2.75, 3.05) is 5.32 Å². The highest BCUT2D eigenvalue weighted by atomic mass is 16.1. The third-order valence-electron chi connectivity index (χ3n) is 3.66. The minimum Gasteiger partial charge on any atom is -0.356 e. The fourth-order valence-electron chi connectivity index (χ4n) is 2.63. The lowest BCUT2D eigenvalue weighted by molar-refractivity contribution is 1.25. The highest BCUT2D eigenvalue weighted by Crippen LogP contribution is 2.24. The van der Waals surface area contributed by atoms with Crippen LogP contribution >= 0.6 is 0 Å². The maximum absolute atomic E-state index is 12.3. The van der Waals surface area contributed by atoms with Gasteiger partial charge in [0.25, 0.3) is 5.56 Å². The van der Waals surface area contributed by atoms with Crippen molar-refractivity contribution < 1.29 is 0 Å². The van der Waals surface area contributed by atoms with Crippen molar-refractivity contribution in [2.24, 2.45) is 0 Å². The molecule has 0 saturated carbocycles. The summed E-state index contributed by atoms with van der Waals surface area (Å²) in [7, 11) is 0. The summed E-state index contributed by atoms with van der Waals surface area (Å²) in [4.78, 5) is 19.3. The van der Waals surface area contributed by atoms with Gasteiger partial charge in [0.15, 0.2) is 0 Å². The number of aromatic nitrogens is 2. The van der Waals surface area contributed by atoms with Crippen LogP contribution in [0.3, 0.4) is 0 Å². The third-order valence-corrected chi connectivity index (χ3v) is 3.66. The number of pyridine rings is 2. The fourth-order valence-corrected chi connectivity index (χ4v) is 2.63. The highest BCUT2D eigenvalue weighted by Gasteiger charge is 2.06. The van der Waals surface area contributed by atoms with Gasteiger partial charge in [0.2, 0.25) is 0 Å². The lowest BCUT2D eigenvalue weighted by Crippen LogP contribution is -2.07. The number of hydrogen-bond donors (Lipinski definition) is 2. The smallest absolute Gasteiger partial charge is 0.257 e. The maximum Gasteiger partial charge on any atom is 0.257 e. The molecule has 4 heteroatoms. The van der Waals surface area contributed by atoms with Crippen molar-refractivity contribution >= 4 is 33.2 Å². The van der Waals surface area contributed by atoms with Crippen molar-refractivity contribution in [2.45, 2.75) is 0 Å². The zero-order valence-electron chi connectivity index (χ0n) is 11.7. The standard InChI is InChI=1S/C18H13N3O/c22-18-16-11-13(20-12-5-2-1-3-6-12)8-9-14(16)15-7-4-10-19-17(15)21-18/h1-11,20H,(H,19,21,22). The van der Waals surface area contributed by atoms with E-state index in [4.69, 9.17) is 0 Å². The van der Waals surface area contributed by atoms with Crippen LogP contribution < -0.4 is 10.9 Å². The monoisotopic (exact) mass is 287 g/mol. The first-order valence-corrected chi connectivity index (χ1v) is 7.04. The Balaban J connectivity index is 1.89. The van der Waals surface area contributed by atoms with Crippen molar-refractivity contribution in [1.29, 1.82) is 0 Å². The molecular formula is C18H13N3O. The number of hydrogen-bond acceptors (Lipinski definition) is 3. The molecule has 4 aromatic rings. The first-order valence-electron chi connectivity index (χ1n) is 7.04. The average molecular weight is 287 g/mol. The zero-order valence-corrected chi connectivity index (χ0v) is 11.7. The van der Waals surface area contributed by atoms with E-state index in [1.165, 1.54) is 0 Å². The van der Waals surface area contributed by atoms with Gasteiger partial charge in [0.05, 0.1) is 0 Å². The summed E-state index contributed by atoms with van der Waals surface area (Å²) in [5.74, 6) is 0. The lowest BCUT2D eigenvalue weighted by atomic mass is 10.1. The van der Waals surface area contributed by atoms with Gasteiger partial charge in [-0.25, -0.2) is 4.98 Å². The summed E-state index contributed by atoms with van der Waals surface area (Å²) in [6, 6.07) is 19.5. The second kappa shape index (κ2) is 5.00. The van der Waals surface area contributed by atoms with Gasteiger partial charge in [-0.05, 0) is 41.8 Å². The molecule has 4 nitrogen and oxygen atoms in total. The van der Waals surface area contributed by atoms with E-state index in [1.54, 1.807) is 6.20 Å². The van der Waals surface area contributed by atoms with Gasteiger partial charge in [0.1, 0.15) is 5.65 Å². The number of nitrogens with zero attached hydrogens (tertiary/aromatic N) is 1. The molecule has 0 radical (unpaired) electrons. The van der Waals surface area contributed by atoms with E-state index in [-0.39, 0.29) is 5.56 Å². The van der Waals surface area contributed by atoms with Gasteiger partial charge in [-0.15, -0.1) is 0 Å². The molecule has 0 aliphatic rings. The molecule has 0 saturated heterocycles. The topological polar surface area (TPSA) is 57.8 Å². The Morgan fingerprint density at radius 2 is 1.68 bits per heavy atom. The molecule has 0 atom stereocenters. The molecular weight excluding hydrogens is 274 g/mol. The van der Waals surface area contributed by atoms with Crippen molar-refractivity contribution in [3.05, 3.63) is 77.2 Å². The molecule has 2 N–H and O–H groups in total. The van der Waals surface area contributed by atoms with Crippen LogP contribution in [0.4, 0.5) is 11.4 Å². The van der Waals surface area contributed by atoms with E-state index in [0.717, 1.165) is 22.1 Å². The van der Waals surface area contributed by atoms with E-state index in [1.807, 2.05) is 60.7 Å². The van der Waals surface area contributed by atoms with Gasteiger partial charge >= 0.3 is 0 Å². The molecule has 0 aliphatic heterocycles. The number of aromatic amines is 1. The van der Waals surface area contributed by atoms with E-state index in [2.05, 4.69) is 15.3 Å². The number of anilines is 2. The van der Waals surface area contributed by atoms with Crippen LogP contribution in [0.5, 0.6) is 0 Å². The SMILES string of the molecule is O=c1[nH]c2ncccc2c2ccc(Nc3ccccc3)cc12. The molecule has 0 unspecified atom stereocenters. The molecule has 0 fully saturated rings. The van der Waals surface area contributed by atoms with Gasteiger partial charge < -0.3 is 10.3 Å². The number of nitrogens with one attached hydrogen (secondary N) is 2. The number of para-hydroxylation sites is 1. The molecule has 0 spiro atoms. The first kappa shape index (κ1) is 12.6. The Kier molecular flexibility index (Phi) is 2.86. The molecule has 2 aromatic carbocycles. The Morgan fingerprint density at radius 3 is 2.55 bits per heavy atom. The van der Waals surface area contributed by atoms with E-state index in [9.17, 15) is 4.79 Å². The Hall–Kier alpha value is -3.14. The average Bonchev–Trinajstić information content (AvgIpc) is 2.56. The summed E-state index contributed by atoms with van der Waals surface area (Å²) in [5, 5.41) is 5.81. The summed E-state index contributed by atoms with van der Waals surface area (Å²) >= 11 is 0. The first-order chi connectivity index (χ1) is 10.8. The van der Waals surface area contributed by atoms with E-state index >= 15 is 0 Å². The largest absolute Gasteiger partial charge is 0.356 e. The fraction of sp³-hybridized carbons (Fsp3) is 0. The third kappa shape index (κ3) is 2.11.